The van der Waals surface area contributed by atoms with Gasteiger partial charge in [-0.3, -0.25) is 9.78 Å². The van der Waals surface area contributed by atoms with Crippen molar-refractivity contribution in [2.24, 2.45) is 0 Å². The minimum absolute atomic E-state index is 0.120. The van der Waals surface area contributed by atoms with E-state index >= 15 is 0 Å². The Morgan fingerprint density at radius 1 is 1.21 bits per heavy atom. The Morgan fingerprint density at radius 3 is 2.72 bits per heavy atom. The van der Waals surface area contributed by atoms with Crippen molar-refractivity contribution in [2.45, 2.75) is 25.0 Å². The molecule has 2 aromatic rings. The maximum atomic E-state index is 12.6. The van der Waals surface area contributed by atoms with Gasteiger partial charge in [0.15, 0.2) is 5.79 Å². The van der Waals surface area contributed by atoms with Crippen molar-refractivity contribution in [3.8, 4) is 5.75 Å². The van der Waals surface area contributed by atoms with Crippen LogP contribution in [0.25, 0.3) is 0 Å². The van der Waals surface area contributed by atoms with Crippen LogP contribution in [0.1, 0.15) is 28.8 Å². The number of carbonyl (C=O) groups excluding carboxylic acids is 1. The molecule has 0 saturated carbocycles. The molecule has 1 aromatic carbocycles. The van der Waals surface area contributed by atoms with Gasteiger partial charge in [0.2, 0.25) is 0 Å². The minimum atomic E-state index is -0.405. The monoisotopic (exact) mass is 397 g/mol. The topological polar surface area (TPSA) is 72.9 Å². The lowest BCUT2D eigenvalue weighted by Crippen LogP contribution is -2.45. The van der Waals surface area contributed by atoms with Gasteiger partial charge in [-0.15, -0.1) is 0 Å². The van der Waals surface area contributed by atoms with Crippen LogP contribution in [-0.4, -0.2) is 56.6 Å². The van der Waals surface area contributed by atoms with Crippen LogP contribution in [-0.2, 0) is 15.9 Å². The summed E-state index contributed by atoms with van der Waals surface area (Å²) >= 11 is 0. The van der Waals surface area contributed by atoms with Crippen molar-refractivity contribution in [3.05, 3.63) is 53.9 Å². The number of anilines is 1. The van der Waals surface area contributed by atoms with E-state index < -0.39 is 5.79 Å². The van der Waals surface area contributed by atoms with Gasteiger partial charge in [0.1, 0.15) is 5.75 Å². The molecule has 2 saturated heterocycles. The van der Waals surface area contributed by atoms with E-state index in [0.717, 1.165) is 42.9 Å². The highest BCUT2D eigenvalue weighted by molar-refractivity contribution is 5.94. The van der Waals surface area contributed by atoms with Gasteiger partial charge in [-0.2, -0.15) is 0 Å². The highest BCUT2D eigenvalue weighted by Gasteiger charge is 2.39. The number of aromatic nitrogens is 1. The molecular weight excluding hydrogens is 370 g/mol. The predicted octanol–water partition coefficient (Wildman–Crippen LogP) is 2.41. The second-order valence-corrected chi connectivity index (χ2v) is 7.34. The normalized spacial score (nSPS) is 18.0. The van der Waals surface area contributed by atoms with Gasteiger partial charge in [-0.25, -0.2) is 0 Å². The Kier molecular flexibility index (Phi) is 5.97. The quantitative estimate of drug-likeness (QED) is 0.807. The number of ether oxygens (including phenoxy) is 3. The first-order chi connectivity index (χ1) is 14.2. The molecule has 0 radical (unpaired) electrons. The summed E-state index contributed by atoms with van der Waals surface area (Å²) in [5.74, 6) is 0.311. The van der Waals surface area contributed by atoms with Gasteiger partial charge >= 0.3 is 0 Å². The minimum Gasteiger partial charge on any atom is -0.496 e. The number of rotatable bonds is 6. The van der Waals surface area contributed by atoms with Gasteiger partial charge in [0.25, 0.3) is 5.91 Å². The van der Waals surface area contributed by atoms with E-state index in [1.54, 1.807) is 19.5 Å². The molecule has 0 unspecified atom stereocenters. The Bertz CT molecular complexity index is 841. The summed E-state index contributed by atoms with van der Waals surface area (Å²) in [7, 11) is 1.65. The van der Waals surface area contributed by atoms with E-state index in [1.165, 1.54) is 0 Å². The van der Waals surface area contributed by atoms with Crippen molar-refractivity contribution in [2.75, 3.05) is 44.9 Å². The second-order valence-electron chi connectivity index (χ2n) is 7.34. The number of para-hydroxylation sites is 1. The SMILES string of the molecule is COc1ccccc1CCNC(=O)c1cncc(N2CCC3(CC2)OCCO3)c1. The number of amides is 1. The summed E-state index contributed by atoms with van der Waals surface area (Å²) in [5.41, 5.74) is 2.59. The summed E-state index contributed by atoms with van der Waals surface area (Å²) < 4.78 is 16.9. The van der Waals surface area contributed by atoms with Gasteiger partial charge in [-0.05, 0) is 24.1 Å². The van der Waals surface area contributed by atoms with Crippen LogP contribution in [0.15, 0.2) is 42.7 Å². The van der Waals surface area contributed by atoms with Crippen LogP contribution in [0.5, 0.6) is 5.75 Å². The first-order valence-corrected chi connectivity index (χ1v) is 10.1. The number of hydrogen-bond donors (Lipinski definition) is 1. The maximum absolute atomic E-state index is 12.6. The van der Waals surface area contributed by atoms with Crippen molar-refractivity contribution >= 4 is 11.6 Å². The van der Waals surface area contributed by atoms with Crippen molar-refractivity contribution < 1.29 is 19.0 Å². The Balaban J connectivity index is 1.33. The highest BCUT2D eigenvalue weighted by atomic mass is 16.7. The van der Waals surface area contributed by atoms with E-state index in [1.807, 2.05) is 30.3 Å². The first kappa shape index (κ1) is 19.7. The lowest BCUT2D eigenvalue weighted by atomic mass is 10.0. The van der Waals surface area contributed by atoms with Gasteiger partial charge in [0, 0.05) is 38.7 Å². The number of nitrogens with zero attached hydrogens (tertiary/aromatic N) is 2. The summed E-state index contributed by atoms with van der Waals surface area (Å²) in [6.07, 6.45) is 5.76. The number of methoxy groups -OCH3 is 1. The van der Waals surface area contributed by atoms with Gasteiger partial charge < -0.3 is 24.4 Å². The Hall–Kier alpha value is -2.64. The van der Waals surface area contributed by atoms with E-state index in [2.05, 4.69) is 15.2 Å². The third-order valence-electron chi connectivity index (χ3n) is 5.56. The fourth-order valence-corrected chi connectivity index (χ4v) is 3.94. The molecule has 7 heteroatoms. The number of nitrogens with one attached hydrogen (secondary N) is 1. The number of pyridine rings is 1. The largest absolute Gasteiger partial charge is 0.496 e. The summed E-state index contributed by atoms with van der Waals surface area (Å²) in [6.45, 7) is 3.52. The fraction of sp³-hybridized carbons (Fsp3) is 0.455. The Labute approximate surface area is 171 Å². The number of benzene rings is 1. The Morgan fingerprint density at radius 2 is 1.97 bits per heavy atom. The lowest BCUT2D eigenvalue weighted by molar-refractivity contribution is -0.169. The lowest BCUT2D eigenvalue weighted by Gasteiger charge is -2.38. The van der Waals surface area contributed by atoms with E-state index in [9.17, 15) is 4.79 Å². The standard InChI is InChI=1S/C22H27N3O4/c1-27-20-5-3-2-4-17(20)6-9-24-21(26)18-14-19(16-23-15-18)25-10-7-22(8-11-25)28-12-13-29-22/h2-5,14-16H,6-13H2,1H3,(H,24,26). The van der Waals surface area contributed by atoms with Crippen LogP contribution in [0, 0.1) is 0 Å². The molecule has 0 bridgehead atoms. The van der Waals surface area contributed by atoms with E-state index in [-0.39, 0.29) is 5.91 Å². The predicted molar refractivity (Wildman–Crippen MR) is 109 cm³/mol. The van der Waals surface area contributed by atoms with Crippen molar-refractivity contribution in [3.63, 3.8) is 0 Å². The molecule has 1 amide bonds. The highest BCUT2D eigenvalue weighted by Crippen LogP contribution is 2.33. The molecule has 4 rings (SSSR count). The maximum Gasteiger partial charge on any atom is 0.252 e. The molecule has 1 spiro atoms. The number of carbonyl (C=O) groups is 1. The molecule has 1 N–H and O–H groups in total. The summed E-state index contributed by atoms with van der Waals surface area (Å²) in [4.78, 5) is 19.1. The number of piperidine rings is 1. The zero-order chi connectivity index (χ0) is 20.1. The molecular formula is C22H27N3O4. The molecule has 29 heavy (non-hydrogen) atoms. The van der Waals surface area contributed by atoms with Gasteiger partial charge in [0.05, 0.1) is 37.8 Å². The van der Waals surface area contributed by atoms with Crippen LogP contribution < -0.4 is 15.0 Å². The molecule has 2 aliphatic heterocycles. The average molecular weight is 397 g/mol. The first-order valence-electron chi connectivity index (χ1n) is 10.1. The summed E-state index contributed by atoms with van der Waals surface area (Å²) in [6, 6.07) is 9.74. The van der Waals surface area contributed by atoms with Crippen molar-refractivity contribution in [1.29, 1.82) is 0 Å². The molecule has 7 nitrogen and oxygen atoms in total. The molecule has 2 aliphatic rings. The molecule has 154 valence electrons. The summed E-state index contributed by atoms with van der Waals surface area (Å²) in [5, 5.41) is 2.98. The van der Waals surface area contributed by atoms with Crippen LogP contribution in [0.4, 0.5) is 5.69 Å². The molecule has 3 heterocycles. The fourth-order valence-electron chi connectivity index (χ4n) is 3.94. The van der Waals surface area contributed by atoms with Gasteiger partial charge in [-0.1, -0.05) is 18.2 Å². The van der Waals surface area contributed by atoms with E-state index in [0.29, 0.717) is 31.7 Å². The van der Waals surface area contributed by atoms with Crippen LogP contribution in [0.3, 0.4) is 0 Å². The second kappa shape index (κ2) is 8.80. The zero-order valence-electron chi connectivity index (χ0n) is 16.7. The van der Waals surface area contributed by atoms with E-state index in [4.69, 9.17) is 14.2 Å². The van der Waals surface area contributed by atoms with Crippen molar-refractivity contribution in [1.82, 2.24) is 10.3 Å². The zero-order valence-corrected chi connectivity index (χ0v) is 16.7. The number of hydrogen-bond acceptors (Lipinski definition) is 6. The molecule has 0 atom stereocenters. The molecule has 1 aromatic heterocycles. The molecule has 0 aliphatic carbocycles. The third-order valence-corrected chi connectivity index (χ3v) is 5.56. The third kappa shape index (κ3) is 4.52. The smallest absolute Gasteiger partial charge is 0.252 e. The van der Waals surface area contributed by atoms with Crippen LogP contribution in [0.2, 0.25) is 0 Å². The average Bonchev–Trinajstić information content (AvgIpc) is 3.22. The molecule has 2 fully saturated rings. The van der Waals surface area contributed by atoms with Crippen LogP contribution >= 0.6 is 0 Å².